The van der Waals surface area contributed by atoms with Gasteiger partial charge < -0.3 is 5.32 Å². The number of thioether (sulfide) groups is 1. The molecule has 0 atom stereocenters. The highest BCUT2D eigenvalue weighted by atomic mass is 35.5. The normalized spacial score (nSPS) is 10.8. The lowest BCUT2D eigenvalue weighted by Crippen LogP contribution is -2.15. The average molecular weight is 392 g/mol. The van der Waals surface area contributed by atoms with Crippen LogP contribution in [0, 0.1) is 19.7 Å². The van der Waals surface area contributed by atoms with Crippen LogP contribution in [-0.4, -0.2) is 31.4 Å². The number of amides is 1. The molecule has 26 heavy (non-hydrogen) atoms. The number of carbonyl (C=O) groups excluding carboxylic acids is 1. The molecule has 0 fully saturated rings. The molecular weight excluding hydrogens is 377 g/mol. The molecule has 0 aliphatic carbocycles. The molecule has 3 aromatic rings. The third-order valence-electron chi connectivity index (χ3n) is 3.43. The Morgan fingerprint density at radius 1 is 1.31 bits per heavy atom. The number of halogens is 2. The summed E-state index contributed by atoms with van der Waals surface area (Å²) in [5.41, 5.74) is 1.89. The van der Waals surface area contributed by atoms with E-state index in [9.17, 15) is 9.18 Å². The van der Waals surface area contributed by atoms with Crippen molar-refractivity contribution in [2.45, 2.75) is 18.9 Å². The monoisotopic (exact) mass is 391 g/mol. The Balaban J connectivity index is 1.66. The Labute approximate surface area is 158 Å². The van der Waals surface area contributed by atoms with Gasteiger partial charge in [0.2, 0.25) is 5.91 Å². The number of aromatic nitrogens is 4. The van der Waals surface area contributed by atoms with Crippen molar-refractivity contribution in [2.75, 3.05) is 11.1 Å². The van der Waals surface area contributed by atoms with Crippen LogP contribution in [0.5, 0.6) is 0 Å². The summed E-state index contributed by atoms with van der Waals surface area (Å²) in [5.74, 6) is -0.322. The minimum atomic E-state index is -0.652. The summed E-state index contributed by atoms with van der Waals surface area (Å²) in [4.78, 5) is 20.4. The Kier molecular flexibility index (Phi) is 5.53. The predicted molar refractivity (Wildman–Crippen MR) is 99.4 cm³/mol. The Morgan fingerprint density at radius 3 is 2.85 bits per heavy atom. The van der Waals surface area contributed by atoms with Gasteiger partial charge in [-0.2, -0.15) is 5.10 Å². The fourth-order valence-electron chi connectivity index (χ4n) is 2.31. The smallest absolute Gasteiger partial charge is 0.234 e. The summed E-state index contributed by atoms with van der Waals surface area (Å²) in [6.45, 7) is 3.83. The zero-order chi connectivity index (χ0) is 18.7. The highest BCUT2D eigenvalue weighted by Gasteiger charge is 2.11. The number of benzene rings is 1. The predicted octanol–water partition coefficient (Wildman–Crippen LogP) is 3.80. The van der Waals surface area contributed by atoms with Gasteiger partial charge in [-0.3, -0.25) is 4.79 Å². The van der Waals surface area contributed by atoms with Crippen LogP contribution in [0.3, 0.4) is 0 Å². The molecule has 1 aromatic carbocycles. The fourth-order valence-corrected chi connectivity index (χ4v) is 3.15. The number of nitrogens with zero attached hydrogens (tertiary/aromatic N) is 4. The van der Waals surface area contributed by atoms with Crippen molar-refractivity contribution in [3.05, 3.63) is 58.9 Å². The maximum Gasteiger partial charge on any atom is 0.234 e. The summed E-state index contributed by atoms with van der Waals surface area (Å²) >= 11 is 6.92. The number of anilines is 1. The average Bonchev–Trinajstić information content (AvgIpc) is 2.96. The highest BCUT2D eigenvalue weighted by Crippen LogP contribution is 2.23. The van der Waals surface area contributed by atoms with Gasteiger partial charge in [0.15, 0.2) is 11.6 Å². The quantitative estimate of drug-likeness (QED) is 0.529. The van der Waals surface area contributed by atoms with E-state index >= 15 is 0 Å². The van der Waals surface area contributed by atoms with Gasteiger partial charge >= 0.3 is 0 Å². The Bertz CT molecular complexity index is 962. The maximum absolute atomic E-state index is 13.8. The van der Waals surface area contributed by atoms with Gasteiger partial charge in [-0.25, -0.2) is 19.0 Å². The second kappa shape index (κ2) is 7.84. The van der Waals surface area contributed by atoms with Crippen LogP contribution < -0.4 is 5.32 Å². The van der Waals surface area contributed by atoms with E-state index in [0.717, 1.165) is 11.4 Å². The van der Waals surface area contributed by atoms with Crippen LogP contribution in [0.15, 0.2) is 41.7 Å². The maximum atomic E-state index is 13.8. The first-order chi connectivity index (χ1) is 12.4. The second-order valence-corrected chi connectivity index (χ2v) is 6.89. The van der Waals surface area contributed by atoms with E-state index in [1.165, 1.54) is 30.2 Å². The molecular formula is C17H15ClFN5OS. The first kappa shape index (κ1) is 18.3. The van der Waals surface area contributed by atoms with Gasteiger partial charge in [0.1, 0.15) is 11.4 Å². The van der Waals surface area contributed by atoms with Crippen molar-refractivity contribution in [1.29, 1.82) is 0 Å². The SMILES string of the molecule is Cc1cc(C)n(-c2cc(SCC(=O)Nc3cccc(Cl)c3F)ncn2)n1. The third kappa shape index (κ3) is 4.20. The number of carbonyl (C=O) groups is 1. The van der Waals surface area contributed by atoms with Crippen LogP contribution >= 0.6 is 23.4 Å². The summed E-state index contributed by atoms with van der Waals surface area (Å²) in [7, 11) is 0. The standard InChI is InChI=1S/C17H15ClFN5OS/c1-10-6-11(2)24(23-10)14-7-16(21-9-20-14)26-8-15(25)22-13-5-3-4-12(18)17(13)19/h3-7,9H,8H2,1-2H3,(H,22,25). The molecule has 3 rings (SSSR count). The highest BCUT2D eigenvalue weighted by molar-refractivity contribution is 7.99. The molecule has 0 bridgehead atoms. The lowest BCUT2D eigenvalue weighted by molar-refractivity contribution is -0.113. The minimum Gasteiger partial charge on any atom is -0.323 e. The van der Waals surface area contributed by atoms with Gasteiger partial charge in [0.05, 0.1) is 22.2 Å². The number of rotatable bonds is 5. The van der Waals surface area contributed by atoms with Crippen LogP contribution in [0.1, 0.15) is 11.4 Å². The van der Waals surface area contributed by atoms with E-state index in [1.54, 1.807) is 16.8 Å². The summed E-state index contributed by atoms with van der Waals surface area (Å²) in [6, 6.07) is 8.14. The molecule has 9 heteroatoms. The molecule has 0 aliphatic rings. The van der Waals surface area contributed by atoms with Gasteiger partial charge in [0, 0.05) is 11.8 Å². The van der Waals surface area contributed by atoms with Gasteiger partial charge in [0.25, 0.3) is 0 Å². The number of nitrogens with one attached hydrogen (secondary N) is 1. The van der Waals surface area contributed by atoms with E-state index in [1.807, 2.05) is 19.9 Å². The Morgan fingerprint density at radius 2 is 2.12 bits per heavy atom. The number of aryl methyl sites for hydroxylation is 2. The van der Waals surface area contributed by atoms with E-state index in [4.69, 9.17) is 11.6 Å². The van der Waals surface area contributed by atoms with Gasteiger partial charge in [-0.15, -0.1) is 0 Å². The van der Waals surface area contributed by atoms with Crippen molar-refractivity contribution >= 4 is 35.0 Å². The van der Waals surface area contributed by atoms with E-state index < -0.39 is 5.82 Å². The minimum absolute atomic E-state index is 0.0409. The van der Waals surface area contributed by atoms with Crippen molar-refractivity contribution in [3.8, 4) is 5.82 Å². The van der Waals surface area contributed by atoms with E-state index in [0.29, 0.717) is 10.8 Å². The fraction of sp³-hybridized carbons (Fsp3) is 0.176. The Hall–Kier alpha value is -2.45. The first-order valence-corrected chi connectivity index (χ1v) is 9.03. The largest absolute Gasteiger partial charge is 0.323 e. The zero-order valence-electron chi connectivity index (χ0n) is 14.0. The van der Waals surface area contributed by atoms with E-state index in [-0.39, 0.29) is 22.4 Å². The van der Waals surface area contributed by atoms with Crippen molar-refractivity contribution in [2.24, 2.45) is 0 Å². The molecule has 0 saturated carbocycles. The molecule has 0 radical (unpaired) electrons. The molecule has 1 N–H and O–H groups in total. The van der Waals surface area contributed by atoms with Gasteiger partial charge in [-0.05, 0) is 32.0 Å². The van der Waals surface area contributed by atoms with Crippen molar-refractivity contribution in [3.63, 3.8) is 0 Å². The van der Waals surface area contributed by atoms with Crippen LogP contribution in [0.25, 0.3) is 5.82 Å². The van der Waals surface area contributed by atoms with Crippen molar-refractivity contribution < 1.29 is 9.18 Å². The first-order valence-electron chi connectivity index (χ1n) is 7.66. The number of hydrogen-bond donors (Lipinski definition) is 1. The molecule has 6 nitrogen and oxygen atoms in total. The zero-order valence-corrected chi connectivity index (χ0v) is 15.6. The molecule has 0 spiro atoms. The van der Waals surface area contributed by atoms with Crippen LogP contribution in [0.4, 0.5) is 10.1 Å². The van der Waals surface area contributed by atoms with Crippen LogP contribution in [-0.2, 0) is 4.79 Å². The third-order valence-corrected chi connectivity index (χ3v) is 4.65. The molecule has 0 unspecified atom stereocenters. The molecule has 1 amide bonds. The lowest BCUT2D eigenvalue weighted by atomic mass is 10.3. The van der Waals surface area contributed by atoms with Crippen molar-refractivity contribution in [1.82, 2.24) is 19.7 Å². The number of hydrogen-bond acceptors (Lipinski definition) is 5. The van der Waals surface area contributed by atoms with E-state index in [2.05, 4.69) is 20.4 Å². The molecule has 0 aliphatic heterocycles. The van der Waals surface area contributed by atoms with Gasteiger partial charge in [-0.1, -0.05) is 29.4 Å². The lowest BCUT2D eigenvalue weighted by Gasteiger charge is -2.08. The molecule has 0 saturated heterocycles. The summed E-state index contributed by atoms with van der Waals surface area (Å²) < 4.78 is 15.5. The molecule has 2 aromatic heterocycles. The molecule has 134 valence electrons. The summed E-state index contributed by atoms with van der Waals surface area (Å²) in [5, 5.41) is 7.45. The van der Waals surface area contributed by atoms with Crippen LogP contribution in [0.2, 0.25) is 5.02 Å². The second-order valence-electron chi connectivity index (χ2n) is 5.49. The topological polar surface area (TPSA) is 72.7 Å². The molecule has 2 heterocycles. The summed E-state index contributed by atoms with van der Waals surface area (Å²) in [6.07, 6.45) is 1.42.